The topological polar surface area (TPSA) is 66.5 Å². The Morgan fingerprint density at radius 2 is 1.69 bits per heavy atom. The molecule has 0 aromatic heterocycles. The van der Waals surface area contributed by atoms with Crippen LogP contribution in [0.3, 0.4) is 0 Å². The molecule has 1 N–H and O–H groups in total. The van der Waals surface area contributed by atoms with Crippen LogP contribution in [-0.4, -0.2) is 31.7 Å². The number of nitrogens with zero attached hydrogens (tertiary/aromatic N) is 1. The Morgan fingerprint density at radius 3 is 2.27 bits per heavy atom. The van der Waals surface area contributed by atoms with Crippen molar-refractivity contribution < 1.29 is 13.2 Å². The molecule has 0 spiro atoms. The number of rotatable bonds is 6. The van der Waals surface area contributed by atoms with Crippen LogP contribution in [0.25, 0.3) is 0 Å². The van der Waals surface area contributed by atoms with Crippen LogP contribution in [0.2, 0.25) is 5.02 Å². The smallest absolute Gasteiger partial charge is 0.255 e. The molecule has 2 rings (SSSR count). The lowest BCUT2D eigenvalue weighted by atomic mass is 10.1. The number of hydrogen-bond donors (Lipinski definition) is 1. The van der Waals surface area contributed by atoms with E-state index in [-0.39, 0.29) is 15.8 Å². The highest BCUT2D eigenvalue weighted by molar-refractivity contribution is 7.89. The Labute approximate surface area is 160 Å². The second-order valence-corrected chi connectivity index (χ2v) is 8.30. The highest BCUT2D eigenvalue weighted by Gasteiger charge is 2.25. The Balaban J connectivity index is 2.35. The number of hydrogen-bond acceptors (Lipinski definition) is 3. The van der Waals surface area contributed by atoms with Crippen molar-refractivity contribution in [1.82, 2.24) is 4.31 Å². The zero-order valence-corrected chi connectivity index (χ0v) is 16.9. The summed E-state index contributed by atoms with van der Waals surface area (Å²) < 4.78 is 26.8. The van der Waals surface area contributed by atoms with E-state index in [1.807, 2.05) is 19.9 Å². The van der Waals surface area contributed by atoms with Gasteiger partial charge >= 0.3 is 0 Å². The first kappa shape index (κ1) is 20.4. The van der Waals surface area contributed by atoms with Gasteiger partial charge in [0.15, 0.2) is 0 Å². The molecule has 7 heteroatoms. The summed E-state index contributed by atoms with van der Waals surface area (Å²) in [5.74, 6) is -0.304. The van der Waals surface area contributed by atoms with Crippen LogP contribution in [0.4, 0.5) is 5.69 Å². The number of carbonyl (C=O) groups excluding carboxylic acids is 1. The van der Waals surface area contributed by atoms with E-state index in [0.717, 1.165) is 11.1 Å². The highest BCUT2D eigenvalue weighted by atomic mass is 35.5. The molecule has 2 aromatic rings. The molecule has 0 aliphatic heterocycles. The van der Waals surface area contributed by atoms with E-state index in [1.54, 1.807) is 32.0 Å². The predicted octanol–water partition coefficient (Wildman–Crippen LogP) is 4.24. The fourth-order valence-electron chi connectivity index (χ4n) is 2.57. The molecule has 1 amide bonds. The Hall–Kier alpha value is -1.89. The van der Waals surface area contributed by atoms with E-state index in [0.29, 0.717) is 24.3 Å². The van der Waals surface area contributed by atoms with Crippen molar-refractivity contribution in [1.29, 1.82) is 0 Å². The fourth-order valence-corrected chi connectivity index (χ4v) is 4.53. The molecule has 0 atom stereocenters. The fraction of sp³-hybridized carbons (Fsp3) is 0.316. The average Bonchev–Trinajstić information content (AvgIpc) is 2.59. The molecule has 0 fully saturated rings. The molecule has 0 aliphatic rings. The van der Waals surface area contributed by atoms with Crippen molar-refractivity contribution in [3.05, 3.63) is 58.1 Å². The number of aryl methyl sites for hydroxylation is 2. The molecule has 0 aliphatic carbocycles. The molecule has 0 heterocycles. The summed E-state index contributed by atoms with van der Waals surface area (Å²) in [6, 6.07) is 9.88. The lowest BCUT2D eigenvalue weighted by molar-refractivity contribution is 0.102. The van der Waals surface area contributed by atoms with Crippen LogP contribution in [0.15, 0.2) is 41.3 Å². The average molecular weight is 395 g/mol. The van der Waals surface area contributed by atoms with Crippen molar-refractivity contribution in [3.8, 4) is 0 Å². The summed E-state index contributed by atoms with van der Waals surface area (Å²) in [4.78, 5) is 12.5. The predicted molar refractivity (Wildman–Crippen MR) is 105 cm³/mol. The number of anilines is 1. The lowest BCUT2D eigenvalue weighted by Gasteiger charge is -2.19. The van der Waals surface area contributed by atoms with E-state index in [4.69, 9.17) is 11.6 Å². The second kappa shape index (κ2) is 8.20. The van der Waals surface area contributed by atoms with Gasteiger partial charge in [-0.25, -0.2) is 8.42 Å². The third-order valence-electron chi connectivity index (χ3n) is 4.28. The van der Waals surface area contributed by atoms with Gasteiger partial charge in [-0.3, -0.25) is 4.79 Å². The van der Waals surface area contributed by atoms with Crippen molar-refractivity contribution in [2.75, 3.05) is 18.4 Å². The first-order valence-electron chi connectivity index (χ1n) is 8.39. The molecule has 0 bridgehead atoms. The van der Waals surface area contributed by atoms with Gasteiger partial charge in [0.1, 0.15) is 4.90 Å². The molecule has 26 heavy (non-hydrogen) atoms. The third-order valence-corrected chi connectivity index (χ3v) is 6.81. The first-order valence-corrected chi connectivity index (χ1v) is 10.2. The van der Waals surface area contributed by atoms with E-state index in [9.17, 15) is 13.2 Å². The van der Waals surface area contributed by atoms with Crippen molar-refractivity contribution >= 4 is 33.2 Å². The number of amides is 1. The molecule has 0 saturated carbocycles. The maximum absolute atomic E-state index is 12.7. The van der Waals surface area contributed by atoms with Crippen LogP contribution in [-0.2, 0) is 10.0 Å². The van der Waals surface area contributed by atoms with Crippen molar-refractivity contribution in [3.63, 3.8) is 0 Å². The molecular formula is C19H23ClN2O3S. The molecular weight excluding hydrogens is 372 g/mol. The Kier molecular flexibility index (Phi) is 6.44. The van der Waals surface area contributed by atoms with Gasteiger partial charge < -0.3 is 5.32 Å². The van der Waals surface area contributed by atoms with E-state index < -0.39 is 10.0 Å². The van der Waals surface area contributed by atoms with E-state index >= 15 is 0 Å². The molecule has 0 unspecified atom stereocenters. The Bertz CT molecular complexity index is 922. The number of nitrogens with one attached hydrogen (secondary N) is 1. The van der Waals surface area contributed by atoms with Gasteiger partial charge in [-0.2, -0.15) is 4.31 Å². The van der Waals surface area contributed by atoms with Gasteiger partial charge in [-0.05, 0) is 55.3 Å². The van der Waals surface area contributed by atoms with Crippen LogP contribution >= 0.6 is 11.6 Å². The molecule has 0 saturated heterocycles. The molecule has 2 aromatic carbocycles. The van der Waals surface area contributed by atoms with Gasteiger partial charge in [0, 0.05) is 24.3 Å². The minimum Gasteiger partial charge on any atom is -0.322 e. The molecule has 5 nitrogen and oxygen atoms in total. The van der Waals surface area contributed by atoms with Crippen LogP contribution < -0.4 is 5.32 Å². The summed E-state index contributed by atoms with van der Waals surface area (Å²) in [5, 5.41) is 2.87. The second-order valence-electron chi connectivity index (χ2n) is 5.99. The number of benzene rings is 2. The van der Waals surface area contributed by atoms with Crippen LogP contribution in [0.5, 0.6) is 0 Å². The summed E-state index contributed by atoms with van der Waals surface area (Å²) in [7, 11) is -3.72. The van der Waals surface area contributed by atoms with Crippen LogP contribution in [0.1, 0.15) is 35.3 Å². The van der Waals surface area contributed by atoms with Crippen LogP contribution in [0, 0.1) is 13.8 Å². The SMILES string of the molecule is CCN(CC)S(=O)(=O)c1cc(NC(=O)c2ccc(C)c(C)c2)ccc1Cl. The maximum Gasteiger partial charge on any atom is 0.255 e. The van der Waals surface area contributed by atoms with Gasteiger partial charge in [0.2, 0.25) is 10.0 Å². The van der Waals surface area contributed by atoms with Gasteiger partial charge in [-0.15, -0.1) is 0 Å². The summed E-state index contributed by atoms with van der Waals surface area (Å²) >= 11 is 6.11. The number of sulfonamides is 1. The molecule has 140 valence electrons. The number of carbonyl (C=O) groups is 1. The van der Waals surface area contributed by atoms with E-state index in [2.05, 4.69) is 5.32 Å². The monoisotopic (exact) mass is 394 g/mol. The largest absolute Gasteiger partial charge is 0.322 e. The Morgan fingerprint density at radius 1 is 1.04 bits per heavy atom. The number of halogens is 1. The standard InChI is InChI=1S/C19H23ClN2O3S/c1-5-22(6-2)26(24,25)18-12-16(9-10-17(18)20)21-19(23)15-8-7-13(3)14(4)11-15/h7-12H,5-6H2,1-4H3,(H,21,23). The third kappa shape index (κ3) is 4.26. The first-order chi connectivity index (χ1) is 12.2. The zero-order chi connectivity index (χ0) is 19.5. The summed E-state index contributed by atoms with van der Waals surface area (Å²) in [6.45, 7) is 8.12. The zero-order valence-electron chi connectivity index (χ0n) is 15.3. The normalized spacial score (nSPS) is 11.6. The van der Waals surface area contributed by atoms with Gasteiger partial charge in [0.05, 0.1) is 5.02 Å². The van der Waals surface area contributed by atoms with E-state index in [1.165, 1.54) is 16.4 Å². The summed E-state index contributed by atoms with van der Waals surface area (Å²) in [6.07, 6.45) is 0. The quantitative estimate of drug-likeness (QED) is 0.796. The maximum atomic E-state index is 12.7. The summed E-state index contributed by atoms with van der Waals surface area (Å²) in [5.41, 5.74) is 3.00. The van der Waals surface area contributed by atoms with Crippen molar-refractivity contribution in [2.45, 2.75) is 32.6 Å². The molecule has 0 radical (unpaired) electrons. The lowest BCUT2D eigenvalue weighted by Crippen LogP contribution is -2.30. The van der Waals surface area contributed by atoms with Gasteiger partial charge in [0.25, 0.3) is 5.91 Å². The van der Waals surface area contributed by atoms with Crippen molar-refractivity contribution in [2.24, 2.45) is 0 Å². The minimum atomic E-state index is -3.72. The minimum absolute atomic E-state index is 0.0132. The highest BCUT2D eigenvalue weighted by Crippen LogP contribution is 2.28. The van der Waals surface area contributed by atoms with Gasteiger partial charge in [-0.1, -0.05) is 31.5 Å².